The molecule has 6 nitrogen and oxygen atoms in total. The van der Waals surface area contributed by atoms with Gasteiger partial charge in [0.15, 0.2) is 5.82 Å². The Hall–Kier alpha value is -2.83. The quantitative estimate of drug-likeness (QED) is 0.742. The SMILES string of the molecule is CN(C)Cc1ccc(CN2CCc3nc(-c4ccccn4)[nH]c(=O)c3C2)cc1. The second-order valence-corrected chi connectivity index (χ2v) is 7.57. The molecule has 4 rings (SSSR count). The molecule has 0 radical (unpaired) electrons. The van der Waals surface area contributed by atoms with Crippen molar-refractivity contribution in [2.24, 2.45) is 0 Å². The first-order chi connectivity index (χ1) is 13.6. The minimum atomic E-state index is -0.0586. The van der Waals surface area contributed by atoms with Crippen LogP contribution in [-0.2, 0) is 26.1 Å². The first-order valence-corrected chi connectivity index (χ1v) is 9.57. The van der Waals surface area contributed by atoms with Gasteiger partial charge in [0.2, 0.25) is 0 Å². The predicted molar refractivity (Wildman–Crippen MR) is 110 cm³/mol. The summed E-state index contributed by atoms with van der Waals surface area (Å²) in [6.07, 6.45) is 2.48. The molecular formula is C22H25N5O. The lowest BCUT2D eigenvalue weighted by Gasteiger charge is -2.27. The van der Waals surface area contributed by atoms with E-state index in [4.69, 9.17) is 0 Å². The molecule has 0 spiro atoms. The fourth-order valence-corrected chi connectivity index (χ4v) is 3.61. The highest BCUT2D eigenvalue weighted by atomic mass is 16.1. The maximum absolute atomic E-state index is 12.6. The molecule has 0 aliphatic carbocycles. The van der Waals surface area contributed by atoms with Crippen LogP contribution in [-0.4, -0.2) is 45.4 Å². The Morgan fingerprint density at radius 1 is 1.11 bits per heavy atom. The average molecular weight is 375 g/mol. The van der Waals surface area contributed by atoms with E-state index in [1.165, 1.54) is 11.1 Å². The summed E-state index contributed by atoms with van der Waals surface area (Å²) in [5.74, 6) is 0.550. The summed E-state index contributed by atoms with van der Waals surface area (Å²) in [7, 11) is 4.15. The van der Waals surface area contributed by atoms with E-state index in [-0.39, 0.29) is 5.56 Å². The van der Waals surface area contributed by atoms with E-state index in [9.17, 15) is 4.79 Å². The Morgan fingerprint density at radius 3 is 2.61 bits per heavy atom. The van der Waals surface area contributed by atoms with Crippen molar-refractivity contribution in [3.63, 3.8) is 0 Å². The number of benzene rings is 1. The molecule has 3 heterocycles. The molecule has 144 valence electrons. The van der Waals surface area contributed by atoms with Crippen molar-refractivity contribution in [3.05, 3.63) is 81.4 Å². The van der Waals surface area contributed by atoms with Crippen LogP contribution in [0.3, 0.4) is 0 Å². The monoisotopic (exact) mass is 375 g/mol. The largest absolute Gasteiger partial charge is 0.305 e. The number of H-pyrrole nitrogens is 1. The Bertz CT molecular complexity index is 996. The highest BCUT2D eigenvalue weighted by molar-refractivity contribution is 5.49. The molecule has 0 amide bonds. The minimum absolute atomic E-state index is 0.0586. The third-order valence-electron chi connectivity index (χ3n) is 4.98. The molecule has 2 aromatic heterocycles. The van der Waals surface area contributed by atoms with Crippen molar-refractivity contribution < 1.29 is 0 Å². The molecular weight excluding hydrogens is 350 g/mol. The summed E-state index contributed by atoms with van der Waals surface area (Å²) in [6.45, 7) is 3.30. The lowest BCUT2D eigenvalue weighted by atomic mass is 10.1. The molecule has 1 aliphatic heterocycles. The van der Waals surface area contributed by atoms with Gasteiger partial charge >= 0.3 is 0 Å². The van der Waals surface area contributed by atoms with Crippen molar-refractivity contribution in [1.29, 1.82) is 0 Å². The first-order valence-electron chi connectivity index (χ1n) is 9.57. The maximum Gasteiger partial charge on any atom is 0.255 e. The van der Waals surface area contributed by atoms with E-state index in [1.807, 2.05) is 18.2 Å². The van der Waals surface area contributed by atoms with Gasteiger partial charge in [-0.3, -0.25) is 14.7 Å². The molecule has 28 heavy (non-hydrogen) atoms. The molecule has 0 saturated carbocycles. The van der Waals surface area contributed by atoms with E-state index in [1.54, 1.807) is 6.20 Å². The van der Waals surface area contributed by atoms with Gasteiger partial charge < -0.3 is 9.88 Å². The van der Waals surface area contributed by atoms with Gasteiger partial charge in [0.1, 0.15) is 5.69 Å². The van der Waals surface area contributed by atoms with Gasteiger partial charge in [-0.05, 0) is 37.4 Å². The molecule has 0 atom stereocenters. The van der Waals surface area contributed by atoms with Crippen molar-refractivity contribution in [3.8, 4) is 11.5 Å². The van der Waals surface area contributed by atoms with Gasteiger partial charge in [-0.15, -0.1) is 0 Å². The number of nitrogens with zero attached hydrogens (tertiary/aromatic N) is 4. The summed E-state index contributed by atoms with van der Waals surface area (Å²) in [6, 6.07) is 14.3. The van der Waals surface area contributed by atoms with Crippen LogP contribution in [0.15, 0.2) is 53.5 Å². The normalized spacial score (nSPS) is 14.2. The highest BCUT2D eigenvalue weighted by Crippen LogP contribution is 2.19. The number of hydrogen-bond acceptors (Lipinski definition) is 5. The number of aromatic amines is 1. The number of pyridine rings is 1. The topological polar surface area (TPSA) is 65.1 Å². The van der Waals surface area contributed by atoms with E-state index in [0.29, 0.717) is 18.1 Å². The average Bonchev–Trinajstić information content (AvgIpc) is 2.70. The Kier molecular flexibility index (Phi) is 5.32. The van der Waals surface area contributed by atoms with E-state index in [0.717, 1.165) is 37.3 Å². The number of rotatable bonds is 5. The van der Waals surface area contributed by atoms with Gasteiger partial charge in [0.05, 0.1) is 11.3 Å². The Labute approximate surface area is 164 Å². The summed E-state index contributed by atoms with van der Waals surface area (Å²) < 4.78 is 0. The molecule has 0 saturated heterocycles. The molecule has 0 bridgehead atoms. The lowest BCUT2D eigenvalue weighted by molar-refractivity contribution is 0.242. The second kappa shape index (κ2) is 8.04. The predicted octanol–water partition coefficient (Wildman–Crippen LogP) is 2.45. The van der Waals surface area contributed by atoms with Crippen molar-refractivity contribution >= 4 is 0 Å². The molecule has 6 heteroatoms. The van der Waals surface area contributed by atoms with Crippen LogP contribution in [0.1, 0.15) is 22.4 Å². The highest BCUT2D eigenvalue weighted by Gasteiger charge is 2.21. The molecule has 0 unspecified atom stereocenters. The van der Waals surface area contributed by atoms with Crippen molar-refractivity contribution in [1.82, 2.24) is 24.8 Å². The number of fused-ring (bicyclic) bond motifs is 1. The van der Waals surface area contributed by atoms with E-state index < -0.39 is 0 Å². The van der Waals surface area contributed by atoms with E-state index in [2.05, 4.69) is 63.1 Å². The summed E-state index contributed by atoms with van der Waals surface area (Å²) in [5.41, 5.74) is 4.87. The van der Waals surface area contributed by atoms with Crippen LogP contribution in [0, 0.1) is 0 Å². The van der Waals surface area contributed by atoms with Gasteiger partial charge in [0.25, 0.3) is 5.56 Å². The summed E-state index contributed by atoms with van der Waals surface area (Å²) in [4.78, 5) is 29.0. The molecule has 3 aromatic rings. The van der Waals surface area contributed by atoms with Crippen LogP contribution in [0.25, 0.3) is 11.5 Å². The van der Waals surface area contributed by atoms with Gasteiger partial charge in [-0.25, -0.2) is 4.98 Å². The molecule has 1 N–H and O–H groups in total. The Balaban J connectivity index is 1.48. The number of hydrogen-bond donors (Lipinski definition) is 1. The van der Waals surface area contributed by atoms with Crippen molar-refractivity contribution in [2.75, 3.05) is 20.6 Å². The molecule has 1 aromatic carbocycles. The van der Waals surface area contributed by atoms with Crippen LogP contribution in [0.2, 0.25) is 0 Å². The fourth-order valence-electron chi connectivity index (χ4n) is 3.61. The van der Waals surface area contributed by atoms with Crippen LogP contribution in [0.4, 0.5) is 0 Å². The van der Waals surface area contributed by atoms with Crippen LogP contribution >= 0.6 is 0 Å². The summed E-state index contributed by atoms with van der Waals surface area (Å²) >= 11 is 0. The standard InChI is InChI=1S/C22H25N5O/c1-26(2)13-16-6-8-17(9-7-16)14-27-12-10-19-18(15-27)22(28)25-21(24-19)20-5-3-4-11-23-20/h3-9,11H,10,12-15H2,1-2H3,(H,24,25,28). The van der Waals surface area contributed by atoms with Gasteiger partial charge in [-0.2, -0.15) is 0 Å². The van der Waals surface area contributed by atoms with Crippen LogP contribution in [0.5, 0.6) is 0 Å². The minimum Gasteiger partial charge on any atom is -0.305 e. The first kappa shape index (κ1) is 18.5. The van der Waals surface area contributed by atoms with Crippen LogP contribution < -0.4 is 5.56 Å². The zero-order valence-electron chi connectivity index (χ0n) is 16.4. The Morgan fingerprint density at radius 2 is 1.89 bits per heavy atom. The van der Waals surface area contributed by atoms with E-state index >= 15 is 0 Å². The number of aromatic nitrogens is 3. The maximum atomic E-state index is 12.6. The van der Waals surface area contributed by atoms with Crippen molar-refractivity contribution in [2.45, 2.75) is 26.1 Å². The smallest absolute Gasteiger partial charge is 0.255 e. The number of nitrogens with one attached hydrogen (secondary N) is 1. The summed E-state index contributed by atoms with van der Waals surface area (Å²) in [5, 5.41) is 0. The molecule has 1 aliphatic rings. The third-order valence-corrected chi connectivity index (χ3v) is 4.98. The fraction of sp³-hybridized carbons (Fsp3) is 0.318. The second-order valence-electron chi connectivity index (χ2n) is 7.57. The third kappa shape index (κ3) is 4.18. The zero-order chi connectivity index (χ0) is 19.5. The van der Waals surface area contributed by atoms with Gasteiger partial charge in [-0.1, -0.05) is 30.3 Å². The molecule has 0 fully saturated rings. The lowest BCUT2D eigenvalue weighted by Crippen LogP contribution is -2.35. The van der Waals surface area contributed by atoms with Gasteiger partial charge in [0, 0.05) is 38.8 Å². The zero-order valence-corrected chi connectivity index (χ0v) is 16.4.